The molecule has 264 valence electrons. The summed E-state index contributed by atoms with van der Waals surface area (Å²) in [6.45, 7) is 0. The molecule has 1 aromatic heterocycles. The van der Waals surface area contributed by atoms with Crippen molar-refractivity contribution in [1.82, 2.24) is 0 Å². The maximum atomic E-state index is 6.64. The van der Waals surface area contributed by atoms with E-state index in [0.29, 0.717) is 0 Å². The fraction of sp³-hybridized carbons (Fsp3) is 0. The minimum Gasteiger partial charge on any atom is -0.455 e. The van der Waals surface area contributed by atoms with Crippen LogP contribution in [0.5, 0.6) is 0 Å². The van der Waals surface area contributed by atoms with Gasteiger partial charge in [0.1, 0.15) is 11.2 Å². The van der Waals surface area contributed by atoms with E-state index >= 15 is 0 Å². The fourth-order valence-corrected chi connectivity index (χ4v) is 8.13. The van der Waals surface area contributed by atoms with Gasteiger partial charge in [-0.3, -0.25) is 0 Å². The Balaban J connectivity index is 1.20. The second-order valence-corrected chi connectivity index (χ2v) is 14.0. The molecule has 0 saturated carbocycles. The first-order valence-corrected chi connectivity index (χ1v) is 19.1. The zero-order valence-corrected chi connectivity index (χ0v) is 30.7. The number of hydrogen-bond donors (Lipinski definition) is 0. The second-order valence-electron chi connectivity index (χ2n) is 14.0. The Kier molecular flexibility index (Phi) is 8.55. The van der Waals surface area contributed by atoms with E-state index < -0.39 is 0 Å². The molecule has 1 heterocycles. The van der Waals surface area contributed by atoms with Gasteiger partial charge in [0, 0.05) is 33.2 Å². The molecule has 0 fully saturated rings. The number of hydrogen-bond acceptors (Lipinski definition) is 2. The van der Waals surface area contributed by atoms with Crippen LogP contribution in [0.1, 0.15) is 0 Å². The first kappa shape index (κ1) is 33.2. The van der Waals surface area contributed by atoms with Gasteiger partial charge in [-0.1, -0.05) is 194 Å². The molecule has 0 amide bonds. The molecular formula is C54H37NO. The van der Waals surface area contributed by atoms with E-state index in [9.17, 15) is 0 Å². The van der Waals surface area contributed by atoms with Gasteiger partial charge in [0.2, 0.25) is 0 Å². The van der Waals surface area contributed by atoms with Gasteiger partial charge in [0.05, 0.1) is 11.4 Å². The third kappa shape index (κ3) is 5.95. The standard InChI is InChI=1S/C54H37NO/c1-3-18-38(19-4-1)39-34-36-41(37-35-39)55(52-32-15-12-27-47(52)49-29-17-30-50-48-28-13-16-33-53(48)56-54(49)50)51-31-14-11-26-46(51)45-25-10-9-24-44(45)43-23-8-7-22-42(43)40-20-5-2-6-21-40/h1-37H. The van der Waals surface area contributed by atoms with Gasteiger partial charge in [-0.25, -0.2) is 0 Å². The normalized spacial score (nSPS) is 11.2. The number of fused-ring (bicyclic) bond motifs is 3. The number of nitrogens with zero attached hydrogens (tertiary/aromatic N) is 1. The van der Waals surface area contributed by atoms with Crippen molar-refractivity contribution in [2.45, 2.75) is 0 Å². The Labute approximate surface area is 327 Å². The lowest BCUT2D eigenvalue weighted by Gasteiger charge is -2.30. The summed E-state index contributed by atoms with van der Waals surface area (Å²) in [5.41, 5.74) is 16.5. The van der Waals surface area contributed by atoms with Crippen LogP contribution >= 0.6 is 0 Å². The average Bonchev–Trinajstić information content (AvgIpc) is 3.67. The van der Waals surface area contributed by atoms with Crippen molar-refractivity contribution >= 4 is 39.0 Å². The van der Waals surface area contributed by atoms with Gasteiger partial charge in [-0.15, -0.1) is 0 Å². The highest BCUT2D eigenvalue weighted by Gasteiger charge is 2.24. The molecule has 0 atom stereocenters. The summed E-state index contributed by atoms with van der Waals surface area (Å²) in [6, 6.07) is 80.0. The quantitative estimate of drug-likeness (QED) is 0.156. The predicted molar refractivity (Wildman–Crippen MR) is 236 cm³/mol. The fourth-order valence-electron chi connectivity index (χ4n) is 8.13. The molecule has 10 aromatic rings. The zero-order chi connectivity index (χ0) is 37.3. The van der Waals surface area contributed by atoms with E-state index in [-0.39, 0.29) is 0 Å². The van der Waals surface area contributed by atoms with Crippen LogP contribution < -0.4 is 4.90 Å². The topological polar surface area (TPSA) is 16.4 Å². The largest absolute Gasteiger partial charge is 0.455 e. The lowest BCUT2D eigenvalue weighted by molar-refractivity contribution is 0.670. The Morgan fingerprint density at radius 3 is 1.36 bits per heavy atom. The van der Waals surface area contributed by atoms with Crippen LogP contribution in [0.4, 0.5) is 17.1 Å². The Morgan fingerprint density at radius 2 is 0.696 bits per heavy atom. The van der Waals surface area contributed by atoms with E-state index in [1.54, 1.807) is 0 Å². The van der Waals surface area contributed by atoms with Gasteiger partial charge >= 0.3 is 0 Å². The Morgan fingerprint density at radius 1 is 0.268 bits per heavy atom. The van der Waals surface area contributed by atoms with Gasteiger partial charge < -0.3 is 9.32 Å². The van der Waals surface area contributed by atoms with Crippen LogP contribution in [0, 0.1) is 0 Å². The van der Waals surface area contributed by atoms with Crippen molar-refractivity contribution in [1.29, 1.82) is 0 Å². The van der Waals surface area contributed by atoms with Crippen LogP contribution in [0.3, 0.4) is 0 Å². The van der Waals surface area contributed by atoms with Crippen molar-refractivity contribution in [2.24, 2.45) is 0 Å². The summed E-state index contributed by atoms with van der Waals surface area (Å²) in [5, 5.41) is 2.23. The minimum absolute atomic E-state index is 0.886. The molecule has 0 aliphatic heterocycles. The van der Waals surface area contributed by atoms with Crippen LogP contribution in [0.15, 0.2) is 229 Å². The first-order chi connectivity index (χ1) is 27.8. The summed E-state index contributed by atoms with van der Waals surface area (Å²) in [7, 11) is 0. The molecule has 2 nitrogen and oxygen atoms in total. The molecule has 0 spiro atoms. The molecule has 9 aromatic carbocycles. The van der Waals surface area contributed by atoms with Gasteiger partial charge in [0.15, 0.2) is 0 Å². The van der Waals surface area contributed by atoms with Crippen LogP contribution in [0.25, 0.3) is 77.6 Å². The van der Waals surface area contributed by atoms with E-state index in [4.69, 9.17) is 4.42 Å². The van der Waals surface area contributed by atoms with Gasteiger partial charge in [-0.2, -0.15) is 0 Å². The third-order valence-corrected chi connectivity index (χ3v) is 10.7. The van der Waals surface area contributed by atoms with Crippen molar-refractivity contribution in [3.8, 4) is 55.6 Å². The van der Waals surface area contributed by atoms with Gasteiger partial charge in [-0.05, 0) is 69.3 Å². The van der Waals surface area contributed by atoms with Crippen LogP contribution in [-0.2, 0) is 0 Å². The van der Waals surface area contributed by atoms with Crippen molar-refractivity contribution in [2.75, 3.05) is 4.90 Å². The Bertz CT molecular complexity index is 2960. The summed E-state index contributed by atoms with van der Waals surface area (Å²) < 4.78 is 6.64. The lowest BCUT2D eigenvalue weighted by Crippen LogP contribution is -2.12. The SMILES string of the molecule is c1ccc(-c2ccc(N(c3ccccc3-c3ccccc3-c3ccccc3-c3ccccc3)c3ccccc3-c3cccc4c3oc3ccccc34)cc2)cc1. The Hall–Kier alpha value is -7.42. The number of benzene rings is 9. The molecule has 0 saturated heterocycles. The number of rotatable bonds is 8. The molecule has 0 radical (unpaired) electrons. The van der Waals surface area contributed by atoms with Crippen molar-refractivity contribution in [3.63, 3.8) is 0 Å². The summed E-state index contributed by atoms with van der Waals surface area (Å²) in [4.78, 5) is 2.42. The monoisotopic (exact) mass is 715 g/mol. The van der Waals surface area contributed by atoms with Crippen molar-refractivity contribution < 1.29 is 4.42 Å². The smallest absolute Gasteiger partial charge is 0.143 e. The van der Waals surface area contributed by atoms with Crippen LogP contribution in [-0.4, -0.2) is 0 Å². The summed E-state index contributed by atoms with van der Waals surface area (Å²) >= 11 is 0. The second kappa shape index (κ2) is 14.4. The third-order valence-electron chi connectivity index (χ3n) is 10.7. The molecule has 0 bridgehead atoms. The summed E-state index contributed by atoms with van der Waals surface area (Å²) in [6.07, 6.45) is 0. The van der Waals surface area contributed by atoms with E-state index in [1.807, 2.05) is 6.07 Å². The highest BCUT2D eigenvalue weighted by atomic mass is 16.3. The molecule has 0 aliphatic carbocycles. The maximum Gasteiger partial charge on any atom is 0.143 e. The molecule has 0 aliphatic rings. The molecule has 10 rings (SSSR count). The minimum atomic E-state index is 0.886. The highest BCUT2D eigenvalue weighted by Crippen LogP contribution is 2.48. The average molecular weight is 716 g/mol. The van der Waals surface area contributed by atoms with E-state index in [1.165, 1.54) is 33.4 Å². The van der Waals surface area contributed by atoms with E-state index in [2.05, 4.69) is 223 Å². The first-order valence-electron chi connectivity index (χ1n) is 19.1. The highest BCUT2D eigenvalue weighted by molar-refractivity contribution is 6.11. The van der Waals surface area contributed by atoms with Gasteiger partial charge in [0.25, 0.3) is 0 Å². The number of anilines is 3. The molecule has 2 heteroatoms. The maximum absolute atomic E-state index is 6.64. The summed E-state index contributed by atoms with van der Waals surface area (Å²) in [5.74, 6) is 0. The zero-order valence-electron chi connectivity index (χ0n) is 30.7. The number of furan rings is 1. The molecular weight excluding hydrogens is 679 g/mol. The predicted octanol–water partition coefficient (Wildman–Crippen LogP) is 15.4. The molecule has 56 heavy (non-hydrogen) atoms. The van der Waals surface area contributed by atoms with Crippen LogP contribution in [0.2, 0.25) is 0 Å². The molecule has 0 unspecified atom stereocenters. The van der Waals surface area contributed by atoms with Crippen molar-refractivity contribution in [3.05, 3.63) is 224 Å². The molecule has 0 N–H and O–H groups in total. The van der Waals surface area contributed by atoms with E-state index in [0.717, 1.165) is 61.3 Å². The number of para-hydroxylation sites is 4. The lowest BCUT2D eigenvalue weighted by atomic mass is 9.88.